The Kier molecular flexibility index (Phi) is 5.99. The number of β-lactam (4-membered cyclic amide) rings is 1. The van der Waals surface area contributed by atoms with E-state index in [2.05, 4.69) is 0 Å². The third-order valence-electron chi connectivity index (χ3n) is 5.31. The Morgan fingerprint density at radius 1 is 0.871 bits per heavy atom. The SMILES string of the molecule is COc1ccc([C@@H]2[C@@H](Oc3ccc(Cl)cc3)C(=O)N2c2ccc(C)c(Cl)c2)cc1OC. The molecule has 0 N–H and O–H groups in total. The smallest absolute Gasteiger partial charge is 0.271 e. The Morgan fingerprint density at radius 2 is 1.58 bits per heavy atom. The second-order valence-corrected chi connectivity index (χ2v) is 8.04. The molecule has 5 nitrogen and oxygen atoms in total. The minimum atomic E-state index is -0.709. The quantitative estimate of drug-likeness (QED) is 0.435. The molecule has 31 heavy (non-hydrogen) atoms. The Hall–Kier alpha value is -2.89. The number of hydrogen-bond donors (Lipinski definition) is 0. The summed E-state index contributed by atoms with van der Waals surface area (Å²) >= 11 is 12.3. The Bertz CT molecular complexity index is 1120. The molecule has 0 aliphatic carbocycles. The van der Waals surface area contributed by atoms with E-state index in [-0.39, 0.29) is 11.9 Å². The number of anilines is 1. The minimum absolute atomic E-state index is 0.158. The van der Waals surface area contributed by atoms with Crippen LogP contribution in [0.15, 0.2) is 60.7 Å². The normalized spacial score (nSPS) is 17.8. The molecule has 1 fully saturated rings. The Balaban J connectivity index is 1.74. The van der Waals surface area contributed by atoms with E-state index >= 15 is 0 Å². The summed E-state index contributed by atoms with van der Waals surface area (Å²) < 4.78 is 16.9. The fraction of sp³-hybridized carbons (Fsp3) is 0.208. The molecule has 3 aromatic rings. The van der Waals surface area contributed by atoms with Crippen LogP contribution in [0.2, 0.25) is 10.0 Å². The number of methoxy groups -OCH3 is 2. The molecule has 0 unspecified atom stereocenters. The summed E-state index contributed by atoms with van der Waals surface area (Å²) in [4.78, 5) is 14.9. The molecular formula is C24H21Cl2NO4. The van der Waals surface area contributed by atoms with Crippen LogP contribution in [-0.2, 0) is 4.79 Å². The van der Waals surface area contributed by atoms with Crippen LogP contribution >= 0.6 is 23.2 Å². The van der Waals surface area contributed by atoms with Crippen molar-refractivity contribution < 1.29 is 19.0 Å². The first kappa shape index (κ1) is 21.3. The van der Waals surface area contributed by atoms with Crippen LogP contribution in [0.3, 0.4) is 0 Å². The number of ether oxygens (including phenoxy) is 3. The number of amides is 1. The van der Waals surface area contributed by atoms with Gasteiger partial charge in [0, 0.05) is 15.7 Å². The van der Waals surface area contributed by atoms with Gasteiger partial charge in [0.05, 0.1) is 14.2 Å². The van der Waals surface area contributed by atoms with Crippen molar-refractivity contribution in [1.29, 1.82) is 0 Å². The van der Waals surface area contributed by atoms with E-state index in [1.807, 2.05) is 37.3 Å². The van der Waals surface area contributed by atoms with Gasteiger partial charge in [0.15, 0.2) is 11.5 Å². The number of benzene rings is 3. The molecule has 1 aliphatic heterocycles. The van der Waals surface area contributed by atoms with Gasteiger partial charge in [-0.1, -0.05) is 35.3 Å². The number of rotatable bonds is 6. The van der Waals surface area contributed by atoms with Gasteiger partial charge in [-0.25, -0.2) is 0 Å². The molecule has 1 amide bonds. The lowest BCUT2D eigenvalue weighted by Gasteiger charge is -2.46. The van der Waals surface area contributed by atoms with Gasteiger partial charge in [-0.2, -0.15) is 0 Å². The maximum Gasteiger partial charge on any atom is 0.271 e. The second-order valence-electron chi connectivity index (χ2n) is 7.19. The number of carbonyl (C=O) groups excluding carboxylic acids is 1. The van der Waals surface area contributed by atoms with Gasteiger partial charge in [0.25, 0.3) is 5.91 Å². The molecule has 4 rings (SSSR count). The minimum Gasteiger partial charge on any atom is -0.493 e. The van der Waals surface area contributed by atoms with Crippen molar-refractivity contribution >= 4 is 34.8 Å². The van der Waals surface area contributed by atoms with Crippen molar-refractivity contribution in [1.82, 2.24) is 0 Å². The number of carbonyl (C=O) groups is 1. The highest BCUT2D eigenvalue weighted by molar-refractivity contribution is 6.31. The molecule has 0 bridgehead atoms. The van der Waals surface area contributed by atoms with Crippen molar-refractivity contribution in [2.24, 2.45) is 0 Å². The molecule has 3 aromatic carbocycles. The van der Waals surface area contributed by atoms with Gasteiger partial charge in [-0.15, -0.1) is 0 Å². The fourth-order valence-corrected chi connectivity index (χ4v) is 3.92. The van der Waals surface area contributed by atoms with E-state index in [0.29, 0.717) is 33.0 Å². The number of nitrogens with zero attached hydrogens (tertiary/aromatic N) is 1. The van der Waals surface area contributed by atoms with Crippen molar-refractivity contribution in [3.8, 4) is 17.2 Å². The fourth-order valence-electron chi connectivity index (χ4n) is 3.62. The van der Waals surface area contributed by atoms with E-state index in [1.54, 1.807) is 49.5 Å². The molecule has 0 radical (unpaired) electrons. The topological polar surface area (TPSA) is 48.0 Å². The molecule has 0 saturated carbocycles. The summed E-state index contributed by atoms with van der Waals surface area (Å²) in [5, 5.41) is 1.19. The number of aryl methyl sites for hydroxylation is 1. The summed E-state index contributed by atoms with van der Waals surface area (Å²) in [6, 6.07) is 17.7. The first-order chi connectivity index (χ1) is 14.9. The zero-order valence-electron chi connectivity index (χ0n) is 17.3. The van der Waals surface area contributed by atoms with E-state index < -0.39 is 6.10 Å². The largest absolute Gasteiger partial charge is 0.493 e. The van der Waals surface area contributed by atoms with Gasteiger partial charge in [-0.05, 0) is 66.6 Å². The predicted molar refractivity (Wildman–Crippen MR) is 122 cm³/mol. The molecule has 160 valence electrons. The second kappa shape index (κ2) is 8.69. The van der Waals surface area contributed by atoms with Gasteiger partial charge in [0.1, 0.15) is 11.8 Å². The zero-order chi connectivity index (χ0) is 22.1. The summed E-state index contributed by atoms with van der Waals surface area (Å²) in [7, 11) is 3.16. The third-order valence-corrected chi connectivity index (χ3v) is 5.96. The maximum atomic E-state index is 13.2. The van der Waals surface area contributed by atoms with E-state index in [4.69, 9.17) is 37.4 Å². The monoisotopic (exact) mass is 457 g/mol. The van der Waals surface area contributed by atoms with E-state index in [1.165, 1.54) is 0 Å². The highest BCUT2D eigenvalue weighted by atomic mass is 35.5. The summed E-state index contributed by atoms with van der Waals surface area (Å²) in [6.07, 6.45) is -0.709. The van der Waals surface area contributed by atoms with Crippen molar-refractivity contribution in [2.75, 3.05) is 19.1 Å². The van der Waals surface area contributed by atoms with Crippen LogP contribution in [0.25, 0.3) is 0 Å². The molecule has 0 aromatic heterocycles. The van der Waals surface area contributed by atoms with Crippen LogP contribution in [-0.4, -0.2) is 26.2 Å². The maximum absolute atomic E-state index is 13.2. The molecule has 0 spiro atoms. The molecule has 1 aliphatic rings. The molecule has 7 heteroatoms. The average Bonchev–Trinajstić information content (AvgIpc) is 2.78. The van der Waals surface area contributed by atoms with Crippen LogP contribution in [0.5, 0.6) is 17.2 Å². The van der Waals surface area contributed by atoms with Gasteiger partial charge in [-0.3, -0.25) is 9.69 Å². The molecule has 1 heterocycles. The molecular weight excluding hydrogens is 437 g/mol. The molecule has 2 atom stereocenters. The first-order valence-corrected chi connectivity index (χ1v) is 10.4. The first-order valence-electron chi connectivity index (χ1n) is 9.66. The van der Waals surface area contributed by atoms with Crippen LogP contribution in [0.4, 0.5) is 5.69 Å². The van der Waals surface area contributed by atoms with Crippen molar-refractivity contribution in [2.45, 2.75) is 19.1 Å². The van der Waals surface area contributed by atoms with Gasteiger partial charge >= 0.3 is 0 Å². The lowest BCUT2D eigenvalue weighted by atomic mass is 9.89. The lowest BCUT2D eigenvalue weighted by Crippen LogP contribution is -2.61. The zero-order valence-corrected chi connectivity index (χ0v) is 18.8. The van der Waals surface area contributed by atoms with Crippen LogP contribution in [0.1, 0.15) is 17.2 Å². The lowest BCUT2D eigenvalue weighted by molar-refractivity contribution is -0.135. The van der Waals surface area contributed by atoms with Crippen LogP contribution < -0.4 is 19.1 Å². The number of halogens is 2. The van der Waals surface area contributed by atoms with Crippen molar-refractivity contribution in [3.05, 3.63) is 81.8 Å². The van der Waals surface area contributed by atoms with Crippen molar-refractivity contribution in [3.63, 3.8) is 0 Å². The standard InChI is InChI=1S/C24H21Cl2NO4/c1-14-4-8-17(13-19(14)26)27-22(15-5-11-20(29-2)21(12-15)30-3)23(24(27)28)31-18-9-6-16(25)7-10-18/h4-13,22-23H,1-3H3/t22-,23-/m1/s1. The predicted octanol–water partition coefficient (Wildman–Crippen LogP) is 5.85. The number of hydrogen-bond acceptors (Lipinski definition) is 4. The Labute approximate surface area is 191 Å². The summed E-state index contributed by atoms with van der Waals surface area (Å²) in [5.41, 5.74) is 2.50. The highest BCUT2D eigenvalue weighted by Crippen LogP contribution is 2.44. The molecule has 1 saturated heterocycles. The van der Waals surface area contributed by atoms with Gasteiger partial charge in [0.2, 0.25) is 6.10 Å². The highest BCUT2D eigenvalue weighted by Gasteiger charge is 2.51. The van der Waals surface area contributed by atoms with Gasteiger partial charge < -0.3 is 14.2 Å². The summed E-state index contributed by atoms with van der Waals surface area (Å²) in [6.45, 7) is 1.92. The van der Waals surface area contributed by atoms with E-state index in [9.17, 15) is 4.79 Å². The van der Waals surface area contributed by atoms with Crippen LogP contribution in [0, 0.1) is 6.92 Å². The van der Waals surface area contributed by atoms with E-state index in [0.717, 1.165) is 11.1 Å². The average molecular weight is 458 g/mol. The third kappa shape index (κ3) is 4.03. The summed E-state index contributed by atoms with van der Waals surface area (Å²) in [5.74, 6) is 1.59. The Morgan fingerprint density at radius 3 is 2.23 bits per heavy atom.